The van der Waals surface area contributed by atoms with Gasteiger partial charge >= 0.3 is 13.7 Å². The molecule has 0 aliphatic heterocycles. The molecule has 0 radical (unpaired) electrons. The van der Waals surface area contributed by atoms with Gasteiger partial charge in [0.05, 0.1) is 17.9 Å². The van der Waals surface area contributed by atoms with Crippen molar-refractivity contribution in [2.45, 2.75) is 84.2 Å². The minimum absolute atomic E-state index is 0.190. The van der Waals surface area contributed by atoms with E-state index < -0.39 is 37.4 Å². The first-order valence-corrected chi connectivity index (χ1v) is 16.1. The number of para-hydroxylation sites is 1. The van der Waals surface area contributed by atoms with Crippen LogP contribution in [0.25, 0.3) is 5.52 Å². The molecule has 0 amide bonds. The summed E-state index contributed by atoms with van der Waals surface area (Å²) in [5.74, 6) is -0.554. The fourth-order valence-corrected chi connectivity index (χ4v) is 6.72. The van der Waals surface area contributed by atoms with Crippen LogP contribution in [0.2, 0.25) is 0 Å². The highest BCUT2D eigenvalue weighted by Gasteiger charge is 2.42. The van der Waals surface area contributed by atoms with Crippen molar-refractivity contribution in [2.75, 3.05) is 19.5 Å². The van der Waals surface area contributed by atoms with Gasteiger partial charge in [0.2, 0.25) is 0 Å². The van der Waals surface area contributed by atoms with Crippen LogP contribution in [0.1, 0.15) is 72.1 Å². The van der Waals surface area contributed by atoms with Gasteiger partial charge in [0.1, 0.15) is 35.8 Å². The molecule has 0 spiro atoms. The number of nitrogens with one attached hydrogen (secondary N) is 1. The van der Waals surface area contributed by atoms with Gasteiger partial charge in [-0.2, -0.15) is 10.2 Å². The monoisotopic (exact) mass is 617 g/mol. The van der Waals surface area contributed by atoms with Crippen molar-refractivity contribution >= 4 is 25.1 Å². The fraction of sp³-hybridized carbons (Fsp3) is 0.567. The van der Waals surface area contributed by atoms with Gasteiger partial charge in [-0.3, -0.25) is 9.32 Å². The molecule has 5 atom stereocenters. The van der Waals surface area contributed by atoms with E-state index in [4.69, 9.17) is 24.3 Å². The number of rotatable bonds is 13. The largest absolute Gasteiger partial charge is 0.461 e. The van der Waals surface area contributed by atoms with E-state index in [1.165, 1.54) is 18.0 Å². The number of esters is 1. The molecule has 0 saturated heterocycles. The molecule has 2 heterocycles. The average molecular weight is 618 g/mol. The second-order valence-electron chi connectivity index (χ2n) is 12.3. The van der Waals surface area contributed by atoms with Gasteiger partial charge in [0, 0.05) is 13.0 Å². The highest BCUT2D eigenvalue weighted by molar-refractivity contribution is 7.52. The Bertz CT molecular complexity index is 1420. The Kier molecular flexibility index (Phi) is 10.2. The second kappa shape index (κ2) is 13.3. The second-order valence-corrected chi connectivity index (χ2v) is 14.0. The number of hydrogen-bond donors (Lipinski definition) is 3. The summed E-state index contributed by atoms with van der Waals surface area (Å²) in [6, 6.07) is 11.0. The minimum atomic E-state index is -4.17. The molecule has 236 valence electrons. The summed E-state index contributed by atoms with van der Waals surface area (Å²) in [7, 11) is -2.69. The average Bonchev–Trinajstić information content (AvgIpc) is 3.42. The number of nitrogens with two attached hydrogens (primary N) is 1. The fourth-order valence-electron chi connectivity index (χ4n) is 5.13. The molecule has 3 aromatic rings. The van der Waals surface area contributed by atoms with E-state index in [-0.39, 0.29) is 29.7 Å². The Morgan fingerprint density at radius 1 is 1.21 bits per heavy atom. The predicted molar refractivity (Wildman–Crippen MR) is 162 cm³/mol. The summed E-state index contributed by atoms with van der Waals surface area (Å²) in [6.45, 7) is 9.24. The van der Waals surface area contributed by atoms with E-state index in [0.717, 1.165) is 25.7 Å². The lowest BCUT2D eigenvalue weighted by atomic mass is 9.76. The van der Waals surface area contributed by atoms with E-state index in [1.54, 1.807) is 63.2 Å². The number of ether oxygens (including phenoxy) is 2. The van der Waals surface area contributed by atoms with Crippen LogP contribution in [0.15, 0.2) is 48.8 Å². The number of carbonyl (C=O) groups excluding carboxylic acids is 1. The SMILES string of the molecule is CO[C@](C)(COP(=O)(N[C@@H](C)C(=O)OC1CCC(C)(C)CC1)Oc1ccccc1)[C@@H](C)[C@@H](O)c1ccc2c(N)ncnn12. The number of fused-ring (bicyclic) bond motifs is 1. The molecule has 13 heteroatoms. The van der Waals surface area contributed by atoms with Crippen molar-refractivity contribution in [3.8, 4) is 5.75 Å². The highest BCUT2D eigenvalue weighted by atomic mass is 31.2. The van der Waals surface area contributed by atoms with Gasteiger partial charge in [0.25, 0.3) is 0 Å². The summed E-state index contributed by atoms with van der Waals surface area (Å²) in [6.07, 6.45) is 3.54. The van der Waals surface area contributed by atoms with E-state index >= 15 is 0 Å². The van der Waals surface area contributed by atoms with E-state index in [0.29, 0.717) is 11.2 Å². The molecule has 1 fully saturated rings. The normalized spacial score (nSPS) is 20.4. The molecule has 0 bridgehead atoms. The predicted octanol–water partition coefficient (Wildman–Crippen LogP) is 5.08. The summed E-state index contributed by atoms with van der Waals surface area (Å²) in [4.78, 5) is 17.0. The van der Waals surface area contributed by atoms with Gasteiger partial charge in [-0.15, -0.1) is 0 Å². The van der Waals surface area contributed by atoms with Crippen LogP contribution < -0.4 is 15.3 Å². The lowest BCUT2D eigenvalue weighted by Crippen LogP contribution is -2.44. The van der Waals surface area contributed by atoms with Gasteiger partial charge in [-0.1, -0.05) is 39.0 Å². The maximum Gasteiger partial charge on any atom is 0.459 e. The third-order valence-corrected chi connectivity index (χ3v) is 10.1. The molecular formula is C30H44N5O7P. The van der Waals surface area contributed by atoms with Crippen molar-refractivity contribution in [3.63, 3.8) is 0 Å². The molecule has 12 nitrogen and oxygen atoms in total. The van der Waals surface area contributed by atoms with Crippen LogP contribution in [-0.2, 0) is 23.4 Å². The van der Waals surface area contributed by atoms with Crippen LogP contribution in [0, 0.1) is 11.3 Å². The first-order chi connectivity index (χ1) is 20.3. The molecule has 1 aromatic carbocycles. The minimum Gasteiger partial charge on any atom is -0.461 e. The third-order valence-electron chi connectivity index (χ3n) is 8.48. The quantitative estimate of drug-likeness (QED) is 0.173. The number of methoxy groups -OCH3 is 1. The molecule has 4 N–H and O–H groups in total. The zero-order chi connectivity index (χ0) is 31.4. The maximum absolute atomic E-state index is 14.2. The zero-order valence-electron chi connectivity index (χ0n) is 25.7. The number of nitrogens with zero attached hydrogens (tertiary/aromatic N) is 3. The molecule has 43 heavy (non-hydrogen) atoms. The standard InChI is InChI=1S/C30H44N5O7P/c1-20(26(36)24-12-13-25-27(31)32-19-33-35(24)25)30(5,39-6)18-40-43(38,42-23-10-8-7-9-11-23)34-21(2)28(37)41-22-14-16-29(3,4)17-15-22/h7-13,19-22,26,36H,14-18H2,1-6H3,(H,34,38)(H2,31,32,33)/t20-,21-,26+,30+,43?/m0/s1. The number of aromatic nitrogens is 3. The van der Waals surface area contributed by atoms with Crippen LogP contribution in [0.5, 0.6) is 5.75 Å². The van der Waals surface area contributed by atoms with E-state index in [1.807, 2.05) is 0 Å². The molecule has 1 saturated carbocycles. The Morgan fingerprint density at radius 3 is 2.53 bits per heavy atom. The maximum atomic E-state index is 14.2. The smallest absolute Gasteiger partial charge is 0.459 e. The summed E-state index contributed by atoms with van der Waals surface area (Å²) >= 11 is 0. The van der Waals surface area contributed by atoms with Gasteiger partial charge in [0.15, 0.2) is 5.82 Å². The molecule has 1 aliphatic rings. The number of benzene rings is 1. The number of aliphatic hydroxyl groups excluding tert-OH is 1. The van der Waals surface area contributed by atoms with Crippen molar-refractivity contribution in [1.29, 1.82) is 0 Å². The number of hydrogen-bond acceptors (Lipinski definition) is 10. The van der Waals surface area contributed by atoms with Gasteiger partial charge in [-0.05, 0) is 69.2 Å². The molecule has 2 aromatic heterocycles. The van der Waals surface area contributed by atoms with Crippen LogP contribution in [-0.4, -0.2) is 57.1 Å². The van der Waals surface area contributed by atoms with Crippen LogP contribution in [0.4, 0.5) is 5.82 Å². The number of carbonyl (C=O) groups is 1. The highest BCUT2D eigenvalue weighted by Crippen LogP contribution is 2.47. The summed E-state index contributed by atoms with van der Waals surface area (Å²) < 4.78 is 39.0. The molecular weight excluding hydrogens is 573 g/mol. The van der Waals surface area contributed by atoms with Crippen molar-refractivity contribution in [2.24, 2.45) is 11.3 Å². The Hall–Kier alpha value is -3.02. The summed E-state index contributed by atoms with van der Waals surface area (Å²) in [5, 5.41) is 18.3. The van der Waals surface area contributed by atoms with E-state index in [2.05, 4.69) is 29.0 Å². The zero-order valence-corrected chi connectivity index (χ0v) is 26.6. The Balaban J connectivity index is 1.49. The number of anilines is 1. The molecule has 1 aliphatic carbocycles. The number of aliphatic hydroxyl groups is 1. The first-order valence-electron chi connectivity index (χ1n) is 14.5. The third kappa shape index (κ3) is 7.93. The Morgan fingerprint density at radius 2 is 1.88 bits per heavy atom. The first kappa shape index (κ1) is 32.9. The molecule has 1 unspecified atom stereocenters. The number of nitrogen functional groups attached to an aromatic ring is 1. The van der Waals surface area contributed by atoms with E-state index in [9.17, 15) is 14.5 Å². The van der Waals surface area contributed by atoms with Gasteiger partial charge < -0.3 is 24.8 Å². The van der Waals surface area contributed by atoms with Crippen molar-refractivity contribution < 1.29 is 33.0 Å². The lowest BCUT2D eigenvalue weighted by Gasteiger charge is -2.37. The lowest BCUT2D eigenvalue weighted by molar-refractivity contribution is -0.153. The Labute approximate surface area is 252 Å². The molecule has 4 rings (SSSR count). The topological polar surface area (TPSA) is 160 Å². The van der Waals surface area contributed by atoms with Gasteiger partial charge in [-0.25, -0.2) is 14.1 Å². The summed E-state index contributed by atoms with van der Waals surface area (Å²) in [5.41, 5.74) is 6.07. The van der Waals surface area contributed by atoms with Crippen LogP contribution >= 0.6 is 7.75 Å². The van der Waals surface area contributed by atoms with Crippen molar-refractivity contribution in [1.82, 2.24) is 19.7 Å². The van der Waals surface area contributed by atoms with Crippen LogP contribution in [0.3, 0.4) is 0 Å². The van der Waals surface area contributed by atoms with Crippen molar-refractivity contribution in [3.05, 3.63) is 54.5 Å².